The number of nitrogens with one attached hydrogen (secondary N) is 2. The molecule has 0 aliphatic heterocycles. The van der Waals surface area contributed by atoms with Crippen LogP contribution in [0, 0.1) is 0 Å². The van der Waals surface area contributed by atoms with Crippen molar-refractivity contribution in [1.29, 1.82) is 0 Å². The smallest absolute Gasteiger partial charge is 0.319 e. The predicted molar refractivity (Wildman–Crippen MR) is 76.3 cm³/mol. The van der Waals surface area contributed by atoms with Crippen LogP contribution in [0.4, 0.5) is 4.79 Å². The summed E-state index contributed by atoms with van der Waals surface area (Å²) in [4.78, 5) is 11.6. The summed E-state index contributed by atoms with van der Waals surface area (Å²) in [5.74, 6) is 0. The van der Waals surface area contributed by atoms with Gasteiger partial charge in [0.05, 0.1) is 0 Å². The molecule has 0 atom stereocenters. The van der Waals surface area contributed by atoms with E-state index in [-0.39, 0.29) is 6.03 Å². The van der Waals surface area contributed by atoms with E-state index in [9.17, 15) is 4.79 Å². The van der Waals surface area contributed by atoms with Crippen molar-refractivity contribution in [2.24, 2.45) is 0 Å². The number of carbonyl (C=O) groups excluding carboxylic acids is 1. The third kappa shape index (κ3) is 3.77. The zero-order valence-electron chi connectivity index (χ0n) is 11.0. The molecule has 0 saturated carbocycles. The fourth-order valence-corrected chi connectivity index (χ4v) is 1.63. The standard InChI is InChI=1S/C15H20N2O/c1-4-11-16-15(18)17-14(6-3)13-10-8-7-9-12(13)5-2/h5-10H,3-4,11H2,1-2H3,(H2,16,17,18)/b12-5-,14-13+. The molecule has 0 unspecified atom stereocenters. The number of urea groups is 1. The second-order valence-corrected chi connectivity index (χ2v) is 3.87. The minimum atomic E-state index is -0.197. The van der Waals surface area contributed by atoms with Crippen LogP contribution in [0.15, 0.2) is 36.9 Å². The number of rotatable bonds is 4. The van der Waals surface area contributed by atoms with Gasteiger partial charge in [0.15, 0.2) is 0 Å². The normalized spacial score (nSPS) is 12.9. The fourth-order valence-electron chi connectivity index (χ4n) is 1.63. The van der Waals surface area contributed by atoms with Crippen molar-refractivity contribution < 1.29 is 4.79 Å². The number of benzene rings is 1. The van der Waals surface area contributed by atoms with Crippen LogP contribution in [0.25, 0.3) is 11.8 Å². The molecule has 3 nitrogen and oxygen atoms in total. The average Bonchev–Trinajstić information content (AvgIpc) is 2.42. The van der Waals surface area contributed by atoms with E-state index in [0.29, 0.717) is 6.54 Å². The average molecular weight is 244 g/mol. The molecule has 0 fully saturated rings. The Morgan fingerprint density at radius 3 is 2.72 bits per heavy atom. The third-order valence-electron chi connectivity index (χ3n) is 2.55. The largest absolute Gasteiger partial charge is 0.338 e. The minimum Gasteiger partial charge on any atom is -0.338 e. The molecule has 2 N–H and O–H groups in total. The van der Waals surface area contributed by atoms with Crippen molar-refractivity contribution in [2.75, 3.05) is 6.54 Å². The molecule has 1 rings (SSSR count). The van der Waals surface area contributed by atoms with Gasteiger partial charge in [-0.2, -0.15) is 0 Å². The van der Waals surface area contributed by atoms with Crippen molar-refractivity contribution in [3.8, 4) is 0 Å². The highest BCUT2D eigenvalue weighted by Gasteiger charge is 2.01. The summed E-state index contributed by atoms with van der Waals surface area (Å²) >= 11 is 0. The van der Waals surface area contributed by atoms with Crippen LogP contribution in [-0.4, -0.2) is 12.6 Å². The van der Waals surface area contributed by atoms with Gasteiger partial charge in [-0.3, -0.25) is 0 Å². The van der Waals surface area contributed by atoms with Gasteiger partial charge in [0.1, 0.15) is 0 Å². The van der Waals surface area contributed by atoms with E-state index in [2.05, 4.69) is 17.2 Å². The van der Waals surface area contributed by atoms with Gasteiger partial charge in [-0.15, -0.1) is 0 Å². The zero-order valence-corrected chi connectivity index (χ0v) is 11.0. The molecule has 1 aromatic carbocycles. The van der Waals surface area contributed by atoms with Crippen molar-refractivity contribution in [3.63, 3.8) is 0 Å². The summed E-state index contributed by atoms with van der Waals surface area (Å²) in [5.41, 5.74) is 0.720. The highest BCUT2D eigenvalue weighted by atomic mass is 16.2. The summed E-state index contributed by atoms with van der Waals surface area (Å²) in [6.07, 6.45) is 4.58. The molecule has 0 radical (unpaired) electrons. The molecule has 18 heavy (non-hydrogen) atoms. The third-order valence-corrected chi connectivity index (χ3v) is 2.55. The Kier molecular flexibility index (Phi) is 5.71. The second-order valence-electron chi connectivity index (χ2n) is 3.87. The van der Waals surface area contributed by atoms with Crippen LogP contribution in [0.3, 0.4) is 0 Å². The molecule has 0 aliphatic rings. The fraction of sp³-hybridized carbons (Fsp3) is 0.267. The van der Waals surface area contributed by atoms with Gasteiger partial charge in [-0.1, -0.05) is 43.8 Å². The first-order valence-electron chi connectivity index (χ1n) is 6.16. The lowest BCUT2D eigenvalue weighted by Gasteiger charge is -2.07. The van der Waals surface area contributed by atoms with Crippen LogP contribution >= 0.6 is 0 Å². The van der Waals surface area contributed by atoms with E-state index >= 15 is 0 Å². The predicted octanol–water partition coefficient (Wildman–Crippen LogP) is 1.49. The maximum Gasteiger partial charge on any atom is 0.319 e. The maximum atomic E-state index is 11.6. The van der Waals surface area contributed by atoms with Crippen LogP contribution in [0.2, 0.25) is 0 Å². The van der Waals surface area contributed by atoms with E-state index in [1.165, 1.54) is 0 Å². The maximum absolute atomic E-state index is 11.6. The van der Waals surface area contributed by atoms with Gasteiger partial charge >= 0.3 is 6.03 Å². The Morgan fingerprint density at radius 2 is 2.11 bits per heavy atom. The Hall–Kier alpha value is -2.03. The van der Waals surface area contributed by atoms with Crippen molar-refractivity contribution >= 4 is 17.8 Å². The Bertz CT molecular complexity index is 532. The monoisotopic (exact) mass is 244 g/mol. The van der Waals surface area contributed by atoms with E-state index < -0.39 is 0 Å². The molecule has 2 amide bonds. The highest BCUT2D eigenvalue weighted by Crippen LogP contribution is 1.87. The number of hydrogen-bond acceptors (Lipinski definition) is 1. The first-order valence-corrected chi connectivity index (χ1v) is 6.16. The molecule has 0 aliphatic carbocycles. The number of hydrogen-bond donors (Lipinski definition) is 2. The van der Waals surface area contributed by atoms with Crippen molar-refractivity contribution in [2.45, 2.75) is 20.3 Å². The van der Waals surface area contributed by atoms with Crippen molar-refractivity contribution in [1.82, 2.24) is 10.6 Å². The van der Waals surface area contributed by atoms with Crippen LogP contribution in [0.1, 0.15) is 20.3 Å². The molecule has 0 bridgehead atoms. The van der Waals surface area contributed by atoms with Crippen LogP contribution in [-0.2, 0) is 0 Å². The lowest BCUT2D eigenvalue weighted by Crippen LogP contribution is -2.39. The van der Waals surface area contributed by atoms with Crippen LogP contribution in [0.5, 0.6) is 0 Å². The van der Waals surface area contributed by atoms with E-state index in [0.717, 1.165) is 22.6 Å². The molecule has 96 valence electrons. The zero-order chi connectivity index (χ0) is 13.4. The Balaban J connectivity index is 3.09. The molecule has 0 heterocycles. The topological polar surface area (TPSA) is 41.1 Å². The van der Waals surface area contributed by atoms with E-state index in [4.69, 9.17) is 0 Å². The van der Waals surface area contributed by atoms with Gasteiger partial charge < -0.3 is 10.6 Å². The molecule has 0 spiro atoms. The molecule has 3 heteroatoms. The molecule has 0 saturated heterocycles. The first kappa shape index (κ1) is 14.0. The van der Waals surface area contributed by atoms with Gasteiger partial charge in [-0.05, 0) is 24.6 Å². The van der Waals surface area contributed by atoms with Gasteiger partial charge in [0, 0.05) is 17.5 Å². The summed E-state index contributed by atoms with van der Waals surface area (Å²) in [6.45, 7) is 8.40. The summed E-state index contributed by atoms with van der Waals surface area (Å²) in [5, 5.41) is 7.64. The molecular weight excluding hydrogens is 224 g/mol. The molecule has 0 aromatic heterocycles. The van der Waals surface area contributed by atoms with Gasteiger partial charge in [0.2, 0.25) is 0 Å². The summed E-state index contributed by atoms with van der Waals surface area (Å²) < 4.78 is 0. The minimum absolute atomic E-state index is 0.197. The Morgan fingerprint density at radius 1 is 1.39 bits per heavy atom. The number of carbonyl (C=O) groups is 1. The molecule has 1 aromatic rings. The summed E-state index contributed by atoms with van der Waals surface area (Å²) in [6, 6.07) is 7.68. The van der Waals surface area contributed by atoms with E-state index in [1.807, 2.05) is 44.2 Å². The SMILES string of the molecule is C=C/C(NC(=O)NCCC)=c1/cccc/c1=C/C. The highest BCUT2D eigenvalue weighted by molar-refractivity contribution is 5.83. The van der Waals surface area contributed by atoms with Gasteiger partial charge in [0.25, 0.3) is 0 Å². The Labute approximate surface area is 108 Å². The lowest BCUT2D eigenvalue weighted by atomic mass is 10.2. The van der Waals surface area contributed by atoms with Gasteiger partial charge in [-0.25, -0.2) is 4.79 Å². The number of amides is 2. The quantitative estimate of drug-likeness (QED) is 0.828. The van der Waals surface area contributed by atoms with Crippen molar-refractivity contribution in [3.05, 3.63) is 47.4 Å². The lowest BCUT2D eigenvalue weighted by molar-refractivity contribution is 0.244. The summed E-state index contributed by atoms with van der Waals surface area (Å²) in [7, 11) is 0. The first-order chi connectivity index (χ1) is 8.72. The molecular formula is C15H20N2O. The van der Waals surface area contributed by atoms with E-state index in [1.54, 1.807) is 6.08 Å². The van der Waals surface area contributed by atoms with Crippen LogP contribution < -0.4 is 21.1 Å². The second kappa shape index (κ2) is 7.33.